The molecule has 2 radical (unpaired) electrons. The van der Waals surface area contributed by atoms with E-state index in [4.69, 9.17) is 12.6 Å². The van der Waals surface area contributed by atoms with Gasteiger partial charge in [0, 0.05) is 5.56 Å². The monoisotopic (exact) mass is 264 g/mol. The normalized spacial score (nSPS) is 19.9. The van der Waals surface area contributed by atoms with Gasteiger partial charge in [-0.15, -0.1) is 0 Å². The third-order valence-electron chi connectivity index (χ3n) is 3.48. The lowest BCUT2D eigenvalue weighted by atomic mass is 9.80. The van der Waals surface area contributed by atoms with Gasteiger partial charge in [-0.2, -0.15) is 0 Å². The molecular weight excluding hydrogens is 243 g/mol. The molecule has 20 heavy (non-hydrogen) atoms. The molecule has 0 N–H and O–H groups in total. The van der Waals surface area contributed by atoms with Crippen LogP contribution in [0.4, 0.5) is 0 Å². The molecule has 2 aromatic rings. The first kappa shape index (κ1) is 14.7. The number of rotatable bonds is 0. The lowest BCUT2D eigenvalue weighted by Gasteiger charge is -2.29. The molecule has 1 nitrogen and oxygen atoms in total. The molecule has 2 heteroatoms. The van der Waals surface area contributed by atoms with Crippen LogP contribution in [0, 0.1) is 13.8 Å². The van der Waals surface area contributed by atoms with E-state index in [9.17, 15) is 0 Å². The first-order chi connectivity index (χ1) is 9.48. The predicted octanol–water partition coefficient (Wildman–Crippen LogP) is 4.77. The van der Waals surface area contributed by atoms with E-state index in [1.807, 2.05) is 26.8 Å². The molecule has 0 saturated heterocycles. The van der Waals surface area contributed by atoms with Crippen molar-refractivity contribution in [1.29, 1.82) is 0 Å². The van der Waals surface area contributed by atoms with Gasteiger partial charge in [-0.1, -0.05) is 44.2 Å². The Morgan fingerprint density at radius 3 is 2.50 bits per heavy atom. The van der Waals surface area contributed by atoms with Crippen LogP contribution >= 0.6 is 0 Å². The molecule has 0 amide bonds. The first-order valence-corrected chi connectivity index (χ1v) is 7.18. The molecule has 0 spiro atoms. The van der Waals surface area contributed by atoms with Crippen molar-refractivity contribution >= 4 is 24.7 Å². The Bertz CT molecular complexity index is 669. The summed E-state index contributed by atoms with van der Waals surface area (Å²) in [6, 6.07) is 8.45. The summed E-state index contributed by atoms with van der Waals surface area (Å²) in [5, 5.41) is 2.54. The number of aryl methyl sites for hydroxylation is 2. The summed E-state index contributed by atoms with van der Waals surface area (Å²) in [4.78, 5) is 0. The van der Waals surface area contributed by atoms with Gasteiger partial charge >= 0.3 is 0 Å². The zero-order valence-electron chi connectivity index (χ0n) is 12.9. The highest BCUT2D eigenvalue weighted by molar-refractivity contribution is 6.17. The topological polar surface area (TPSA) is 9.23 Å². The molecule has 1 aliphatic rings. The van der Waals surface area contributed by atoms with Gasteiger partial charge in [0.15, 0.2) is 0 Å². The highest BCUT2D eigenvalue weighted by Gasteiger charge is 2.23. The fourth-order valence-electron chi connectivity index (χ4n) is 2.67. The summed E-state index contributed by atoms with van der Waals surface area (Å²) in [5.74, 6) is 0.873. The van der Waals surface area contributed by atoms with Crippen LogP contribution in [-0.4, -0.2) is 13.3 Å². The zero-order valence-corrected chi connectivity index (χ0v) is 12.9. The Morgan fingerprint density at radius 2 is 1.80 bits per heavy atom. The molecule has 0 aromatic heterocycles. The van der Waals surface area contributed by atoms with Crippen LogP contribution in [0.15, 0.2) is 30.3 Å². The number of ether oxygens (including phenoxy) is 1. The van der Waals surface area contributed by atoms with Crippen molar-refractivity contribution in [3.63, 3.8) is 0 Å². The molecule has 1 heterocycles. The minimum atomic E-state index is -0.711. The van der Waals surface area contributed by atoms with E-state index in [0.717, 1.165) is 11.3 Å². The van der Waals surface area contributed by atoms with Crippen LogP contribution in [0.3, 0.4) is 0 Å². The molecule has 0 fully saturated rings. The molecular formula is C18H21BO. The van der Waals surface area contributed by atoms with E-state index in [0.29, 0.717) is 0 Å². The number of fused-ring (bicyclic) bond motifs is 3. The largest absolute Gasteiger partial charge is 0.493 e. The summed E-state index contributed by atoms with van der Waals surface area (Å²) < 4.78 is 5.84. The van der Waals surface area contributed by atoms with Gasteiger partial charge in [-0.25, -0.2) is 0 Å². The van der Waals surface area contributed by atoms with Gasteiger partial charge < -0.3 is 4.74 Å². The minimum absolute atomic E-state index is 0.711. The van der Waals surface area contributed by atoms with Crippen molar-refractivity contribution in [3.05, 3.63) is 47.0 Å². The predicted molar refractivity (Wildman–Crippen MR) is 88.6 cm³/mol. The summed E-state index contributed by atoms with van der Waals surface area (Å²) in [6.45, 7) is 10.1. The first-order valence-electron chi connectivity index (χ1n) is 7.18. The van der Waals surface area contributed by atoms with Gasteiger partial charge in [-0.3, -0.25) is 0 Å². The summed E-state index contributed by atoms with van der Waals surface area (Å²) >= 11 is 0. The number of hydrogen-bond acceptors (Lipinski definition) is 1. The molecule has 0 saturated carbocycles. The lowest BCUT2D eigenvalue weighted by Crippen LogP contribution is -2.32. The average molecular weight is 264 g/mol. The van der Waals surface area contributed by atoms with Gasteiger partial charge in [0.25, 0.3) is 0 Å². The summed E-state index contributed by atoms with van der Waals surface area (Å²) in [7, 11) is 6.01. The molecule has 0 aliphatic carbocycles. The standard InChI is InChI=1S/C16H15BO.C2H6/c1-10-5-4-6-13-12-7-8-16(3,17)18-14(12)9-11(2)15(10)13;1-2/h4-9H,1-3H3;1-2H3. The fourth-order valence-corrected chi connectivity index (χ4v) is 2.67. The smallest absolute Gasteiger partial charge is 0.137 e. The van der Waals surface area contributed by atoms with Crippen molar-refractivity contribution in [2.24, 2.45) is 0 Å². The van der Waals surface area contributed by atoms with Gasteiger partial charge in [0.05, 0.1) is 5.50 Å². The number of hydrogen-bond donors (Lipinski definition) is 0. The van der Waals surface area contributed by atoms with Crippen molar-refractivity contribution in [1.82, 2.24) is 0 Å². The molecule has 102 valence electrons. The van der Waals surface area contributed by atoms with Crippen LogP contribution in [0.5, 0.6) is 5.75 Å². The quantitative estimate of drug-likeness (QED) is 0.622. The SMILES string of the molecule is CC.[B]C1(C)C=Cc2c(cc(C)c3c(C)cccc23)O1. The fraction of sp³-hybridized carbons (Fsp3) is 0.333. The van der Waals surface area contributed by atoms with Crippen molar-refractivity contribution in [2.75, 3.05) is 0 Å². The van der Waals surface area contributed by atoms with E-state index >= 15 is 0 Å². The van der Waals surface area contributed by atoms with Crippen LogP contribution in [-0.2, 0) is 0 Å². The van der Waals surface area contributed by atoms with E-state index in [1.54, 1.807) is 0 Å². The third-order valence-corrected chi connectivity index (χ3v) is 3.48. The van der Waals surface area contributed by atoms with E-state index < -0.39 is 5.50 Å². The Morgan fingerprint density at radius 1 is 1.10 bits per heavy atom. The van der Waals surface area contributed by atoms with Crippen molar-refractivity contribution in [3.8, 4) is 5.75 Å². The summed E-state index contributed by atoms with van der Waals surface area (Å²) in [5.41, 5.74) is 2.94. The summed E-state index contributed by atoms with van der Waals surface area (Å²) in [6.07, 6.45) is 3.98. The maximum Gasteiger partial charge on any atom is 0.137 e. The maximum atomic E-state index is 6.01. The van der Waals surface area contributed by atoms with Gasteiger partial charge in [0.2, 0.25) is 0 Å². The van der Waals surface area contributed by atoms with Crippen LogP contribution < -0.4 is 4.74 Å². The van der Waals surface area contributed by atoms with Gasteiger partial charge in [0.1, 0.15) is 13.6 Å². The second-order valence-electron chi connectivity index (χ2n) is 5.22. The highest BCUT2D eigenvalue weighted by atomic mass is 16.5. The molecule has 3 rings (SSSR count). The zero-order chi connectivity index (χ0) is 14.9. The average Bonchev–Trinajstić information content (AvgIpc) is 2.39. The van der Waals surface area contributed by atoms with E-state index in [2.05, 4.69) is 44.2 Å². The van der Waals surface area contributed by atoms with Crippen LogP contribution in [0.1, 0.15) is 37.5 Å². The molecule has 2 aromatic carbocycles. The van der Waals surface area contributed by atoms with E-state index in [1.165, 1.54) is 21.9 Å². The van der Waals surface area contributed by atoms with Crippen LogP contribution in [0.25, 0.3) is 16.8 Å². The molecule has 1 atom stereocenters. The van der Waals surface area contributed by atoms with Crippen molar-refractivity contribution < 1.29 is 4.74 Å². The molecule has 1 aliphatic heterocycles. The van der Waals surface area contributed by atoms with E-state index in [-0.39, 0.29) is 0 Å². The molecule has 0 bridgehead atoms. The highest BCUT2D eigenvalue weighted by Crippen LogP contribution is 2.38. The third kappa shape index (κ3) is 2.47. The lowest BCUT2D eigenvalue weighted by molar-refractivity contribution is 0.224. The Hall–Kier alpha value is -1.70. The Balaban J connectivity index is 0.000000704. The number of benzene rings is 2. The Kier molecular flexibility index (Phi) is 3.94. The second-order valence-corrected chi connectivity index (χ2v) is 5.22. The van der Waals surface area contributed by atoms with Crippen molar-refractivity contribution in [2.45, 2.75) is 40.1 Å². The minimum Gasteiger partial charge on any atom is -0.493 e. The van der Waals surface area contributed by atoms with Crippen LogP contribution in [0.2, 0.25) is 0 Å². The molecule has 1 unspecified atom stereocenters. The Labute approximate surface area is 123 Å². The van der Waals surface area contributed by atoms with Gasteiger partial charge in [-0.05, 0) is 48.7 Å². The maximum absolute atomic E-state index is 6.01. The second kappa shape index (κ2) is 5.36.